The van der Waals surface area contributed by atoms with Gasteiger partial charge in [0.05, 0.1) is 5.56 Å². The van der Waals surface area contributed by atoms with Gasteiger partial charge in [-0.1, -0.05) is 12.1 Å². The van der Waals surface area contributed by atoms with Crippen molar-refractivity contribution in [2.75, 3.05) is 0 Å². The summed E-state index contributed by atoms with van der Waals surface area (Å²) in [7, 11) is 0. The Balaban J connectivity index is 2.50. The molecule has 0 heterocycles. The molecule has 0 radical (unpaired) electrons. The van der Waals surface area contributed by atoms with E-state index in [2.05, 4.69) is 0 Å². The SMILES string of the molecule is N#Cc1ccc(-c2ccc(O)c(F)c2)cc1O. The molecule has 17 heavy (non-hydrogen) atoms. The van der Waals surface area contributed by atoms with Crippen LogP contribution in [-0.4, -0.2) is 10.2 Å². The normalized spacial score (nSPS) is 9.88. The summed E-state index contributed by atoms with van der Waals surface area (Å²) in [4.78, 5) is 0. The molecule has 84 valence electrons. The first-order valence-corrected chi connectivity index (χ1v) is 4.84. The van der Waals surface area contributed by atoms with Crippen LogP contribution in [0.1, 0.15) is 5.56 Å². The van der Waals surface area contributed by atoms with Crippen molar-refractivity contribution in [1.29, 1.82) is 5.26 Å². The van der Waals surface area contributed by atoms with Crippen molar-refractivity contribution in [2.45, 2.75) is 0 Å². The molecule has 0 aliphatic heterocycles. The van der Waals surface area contributed by atoms with E-state index < -0.39 is 11.6 Å². The molecular weight excluding hydrogens is 221 g/mol. The molecule has 0 unspecified atom stereocenters. The molecule has 0 bridgehead atoms. The highest BCUT2D eigenvalue weighted by molar-refractivity contribution is 5.67. The lowest BCUT2D eigenvalue weighted by Crippen LogP contribution is -1.83. The van der Waals surface area contributed by atoms with Crippen molar-refractivity contribution in [3.8, 4) is 28.7 Å². The molecule has 0 amide bonds. The van der Waals surface area contributed by atoms with Crippen LogP contribution in [0.4, 0.5) is 4.39 Å². The van der Waals surface area contributed by atoms with Crippen LogP contribution in [-0.2, 0) is 0 Å². The molecule has 2 aromatic rings. The first-order chi connectivity index (χ1) is 8.11. The second-order valence-electron chi connectivity index (χ2n) is 3.51. The van der Waals surface area contributed by atoms with E-state index in [1.54, 1.807) is 6.07 Å². The van der Waals surface area contributed by atoms with Gasteiger partial charge in [-0.2, -0.15) is 5.26 Å². The molecule has 2 aromatic carbocycles. The van der Waals surface area contributed by atoms with Gasteiger partial charge >= 0.3 is 0 Å². The summed E-state index contributed by atoms with van der Waals surface area (Å²) in [5.41, 5.74) is 1.24. The molecule has 2 N–H and O–H groups in total. The molecule has 4 heteroatoms. The minimum Gasteiger partial charge on any atom is -0.507 e. The summed E-state index contributed by atoms with van der Waals surface area (Å²) in [6.45, 7) is 0. The van der Waals surface area contributed by atoms with Crippen LogP contribution in [0.2, 0.25) is 0 Å². The van der Waals surface area contributed by atoms with Crippen molar-refractivity contribution in [1.82, 2.24) is 0 Å². The van der Waals surface area contributed by atoms with Crippen molar-refractivity contribution in [2.24, 2.45) is 0 Å². The maximum absolute atomic E-state index is 13.1. The lowest BCUT2D eigenvalue weighted by molar-refractivity contribution is 0.432. The Bertz CT molecular complexity index is 617. The fourth-order valence-electron chi connectivity index (χ4n) is 1.49. The lowest BCUT2D eigenvalue weighted by Gasteiger charge is -2.04. The van der Waals surface area contributed by atoms with Gasteiger partial charge in [-0.3, -0.25) is 0 Å². The van der Waals surface area contributed by atoms with Crippen LogP contribution in [0.25, 0.3) is 11.1 Å². The van der Waals surface area contributed by atoms with Crippen molar-refractivity contribution in [3.05, 3.63) is 47.8 Å². The van der Waals surface area contributed by atoms with Gasteiger partial charge in [-0.25, -0.2) is 4.39 Å². The number of hydrogen-bond acceptors (Lipinski definition) is 3. The number of nitrogens with zero attached hydrogens (tertiary/aromatic N) is 1. The number of halogens is 1. The van der Waals surface area contributed by atoms with E-state index in [0.717, 1.165) is 6.07 Å². The largest absolute Gasteiger partial charge is 0.507 e. The summed E-state index contributed by atoms with van der Waals surface area (Å²) in [5.74, 6) is -1.31. The van der Waals surface area contributed by atoms with E-state index in [0.29, 0.717) is 11.1 Å². The molecular formula is C13H8FNO2. The Morgan fingerprint density at radius 3 is 2.18 bits per heavy atom. The molecule has 2 rings (SSSR count). The van der Waals surface area contributed by atoms with Crippen LogP contribution >= 0.6 is 0 Å². The third kappa shape index (κ3) is 2.04. The van der Waals surface area contributed by atoms with Gasteiger partial charge in [0.15, 0.2) is 11.6 Å². The topological polar surface area (TPSA) is 64.2 Å². The molecule has 0 spiro atoms. The molecule has 0 aliphatic carbocycles. The van der Waals surface area contributed by atoms with E-state index in [1.807, 2.05) is 6.07 Å². The van der Waals surface area contributed by atoms with Crippen molar-refractivity contribution >= 4 is 0 Å². The first-order valence-electron chi connectivity index (χ1n) is 4.84. The number of phenols is 2. The number of hydrogen-bond donors (Lipinski definition) is 2. The molecule has 0 aliphatic rings. The first kappa shape index (κ1) is 11.0. The van der Waals surface area contributed by atoms with Crippen molar-refractivity contribution < 1.29 is 14.6 Å². The molecule has 3 nitrogen and oxygen atoms in total. The second kappa shape index (κ2) is 4.14. The van der Waals surface area contributed by atoms with E-state index >= 15 is 0 Å². The minimum atomic E-state index is -0.730. The van der Waals surface area contributed by atoms with Gasteiger partial charge in [0.2, 0.25) is 0 Å². The fraction of sp³-hybridized carbons (Fsp3) is 0. The van der Waals surface area contributed by atoms with Crippen LogP contribution in [0.5, 0.6) is 11.5 Å². The third-order valence-electron chi connectivity index (χ3n) is 2.40. The predicted octanol–water partition coefficient (Wildman–Crippen LogP) is 2.78. The van der Waals surface area contributed by atoms with E-state index in [9.17, 15) is 9.50 Å². The number of rotatable bonds is 1. The summed E-state index contributed by atoms with van der Waals surface area (Å²) in [6, 6.07) is 10.2. The monoisotopic (exact) mass is 229 g/mol. The van der Waals surface area contributed by atoms with Gasteiger partial charge in [0, 0.05) is 0 Å². The van der Waals surface area contributed by atoms with E-state index in [4.69, 9.17) is 10.4 Å². The van der Waals surface area contributed by atoms with E-state index in [1.165, 1.54) is 24.3 Å². The van der Waals surface area contributed by atoms with E-state index in [-0.39, 0.29) is 11.3 Å². The highest BCUT2D eigenvalue weighted by atomic mass is 19.1. The summed E-state index contributed by atoms with van der Waals surface area (Å²) < 4.78 is 13.1. The Kier molecular flexibility index (Phi) is 2.67. The van der Waals surface area contributed by atoms with Crippen LogP contribution < -0.4 is 0 Å². The zero-order valence-corrected chi connectivity index (χ0v) is 8.68. The van der Waals surface area contributed by atoms with Gasteiger partial charge in [-0.05, 0) is 35.4 Å². The molecule has 0 saturated carbocycles. The zero-order valence-electron chi connectivity index (χ0n) is 8.68. The Morgan fingerprint density at radius 2 is 1.59 bits per heavy atom. The Hall–Kier alpha value is -2.54. The Labute approximate surface area is 97.0 Å². The van der Waals surface area contributed by atoms with Crippen molar-refractivity contribution in [3.63, 3.8) is 0 Å². The number of benzene rings is 2. The van der Waals surface area contributed by atoms with Gasteiger partial charge in [0.1, 0.15) is 11.8 Å². The standard InChI is InChI=1S/C13H8FNO2/c14-11-5-8(3-4-12(11)16)9-1-2-10(7-15)13(17)6-9/h1-6,16-17H. The average Bonchev–Trinajstić information content (AvgIpc) is 2.32. The smallest absolute Gasteiger partial charge is 0.165 e. The number of aromatic hydroxyl groups is 2. The fourth-order valence-corrected chi connectivity index (χ4v) is 1.49. The maximum Gasteiger partial charge on any atom is 0.165 e. The predicted molar refractivity (Wildman–Crippen MR) is 59.9 cm³/mol. The lowest BCUT2D eigenvalue weighted by atomic mass is 10.0. The summed E-state index contributed by atoms with van der Waals surface area (Å²) in [6.07, 6.45) is 0. The van der Waals surface area contributed by atoms with Crippen LogP contribution in [0.15, 0.2) is 36.4 Å². The van der Waals surface area contributed by atoms with Crippen LogP contribution in [0.3, 0.4) is 0 Å². The number of nitriles is 1. The quantitative estimate of drug-likeness (QED) is 0.790. The molecule has 0 atom stereocenters. The average molecular weight is 229 g/mol. The summed E-state index contributed by atoms with van der Waals surface area (Å²) >= 11 is 0. The highest BCUT2D eigenvalue weighted by Gasteiger charge is 2.06. The zero-order chi connectivity index (χ0) is 12.4. The molecule has 0 fully saturated rings. The molecule has 0 saturated heterocycles. The third-order valence-corrected chi connectivity index (χ3v) is 2.40. The minimum absolute atomic E-state index is 0.154. The highest BCUT2D eigenvalue weighted by Crippen LogP contribution is 2.28. The molecule has 0 aromatic heterocycles. The van der Waals surface area contributed by atoms with Gasteiger partial charge in [0.25, 0.3) is 0 Å². The number of phenolic OH excluding ortho intramolecular Hbond substituents is 2. The maximum atomic E-state index is 13.1. The van der Waals surface area contributed by atoms with Gasteiger partial charge < -0.3 is 10.2 Å². The van der Waals surface area contributed by atoms with Gasteiger partial charge in [-0.15, -0.1) is 0 Å². The second-order valence-corrected chi connectivity index (χ2v) is 3.51. The summed E-state index contributed by atoms with van der Waals surface area (Å²) in [5, 5.41) is 27.2. The van der Waals surface area contributed by atoms with Crippen LogP contribution in [0, 0.1) is 17.1 Å². The Morgan fingerprint density at radius 1 is 0.941 bits per heavy atom.